The molecule has 0 spiro atoms. The monoisotopic (exact) mass is 261 g/mol. The minimum atomic E-state index is 0.523. The molecule has 102 valence electrons. The van der Waals surface area contributed by atoms with Crippen LogP contribution in [0.5, 0.6) is 5.75 Å². The summed E-state index contributed by atoms with van der Waals surface area (Å²) >= 11 is 0. The molecule has 0 aliphatic heterocycles. The maximum absolute atomic E-state index is 5.43. The highest BCUT2D eigenvalue weighted by atomic mass is 16.5. The van der Waals surface area contributed by atoms with Crippen LogP contribution in [0.25, 0.3) is 0 Å². The molecule has 0 aliphatic rings. The summed E-state index contributed by atoms with van der Waals surface area (Å²) in [6.07, 6.45) is 1.67. The third-order valence-corrected chi connectivity index (χ3v) is 2.70. The summed E-state index contributed by atoms with van der Waals surface area (Å²) < 4.78 is 5.40. The highest BCUT2D eigenvalue weighted by Gasteiger charge is 2.03. The van der Waals surface area contributed by atoms with Gasteiger partial charge in [0.25, 0.3) is 0 Å². The number of benzene rings is 1. The summed E-state index contributed by atoms with van der Waals surface area (Å²) in [4.78, 5) is 1.54. The third kappa shape index (κ3) is 4.03. The summed E-state index contributed by atoms with van der Waals surface area (Å²) in [6, 6.07) is 8.10. The number of nitrogens with two attached hydrogens (primary N) is 1. The van der Waals surface area contributed by atoms with E-state index in [-0.39, 0.29) is 0 Å². The molecule has 0 bridgehead atoms. The van der Waals surface area contributed by atoms with Crippen molar-refractivity contribution in [3.05, 3.63) is 35.7 Å². The van der Waals surface area contributed by atoms with E-state index in [1.807, 2.05) is 19.1 Å². The van der Waals surface area contributed by atoms with Gasteiger partial charge in [-0.2, -0.15) is 4.80 Å². The number of aromatic nitrogens is 4. The molecule has 1 heterocycles. The molecule has 0 atom stereocenters. The molecule has 6 heteroatoms. The first kappa shape index (κ1) is 13.5. The van der Waals surface area contributed by atoms with Crippen molar-refractivity contribution in [1.29, 1.82) is 0 Å². The second-order valence-corrected chi connectivity index (χ2v) is 4.17. The van der Waals surface area contributed by atoms with Crippen molar-refractivity contribution in [2.24, 2.45) is 5.73 Å². The van der Waals surface area contributed by atoms with Crippen LogP contribution in [0.15, 0.2) is 24.3 Å². The van der Waals surface area contributed by atoms with Gasteiger partial charge < -0.3 is 10.5 Å². The van der Waals surface area contributed by atoms with Crippen LogP contribution in [0.4, 0.5) is 0 Å². The van der Waals surface area contributed by atoms with E-state index in [0.717, 1.165) is 24.4 Å². The highest BCUT2D eigenvalue weighted by molar-refractivity contribution is 5.27. The average molecular weight is 261 g/mol. The maximum atomic E-state index is 5.43. The summed E-state index contributed by atoms with van der Waals surface area (Å²) in [5.74, 6) is 1.65. The Bertz CT molecular complexity index is 494. The fourth-order valence-corrected chi connectivity index (χ4v) is 1.76. The van der Waals surface area contributed by atoms with Crippen LogP contribution in [-0.2, 0) is 19.4 Å². The maximum Gasteiger partial charge on any atom is 0.175 e. The molecular weight excluding hydrogens is 242 g/mol. The van der Waals surface area contributed by atoms with Crippen LogP contribution in [-0.4, -0.2) is 33.4 Å². The quantitative estimate of drug-likeness (QED) is 0.798. The molecule has 19 heavy (non-hydrogen) atoms. The number of nitrogens with zero attached hydrogens (tertiary/aromatic N) is 4. The van der Waals surface area contributed by atoms with Gasteiger partial charge in [0.2, 0.25) is 0 Å². The fraction of sp³-hybridized carbons (Fsp3) is 0.462. The zero-order chi connectivity index (χ0) is 13.5. The Morgan fingerprint density at radius 1 is 1.21 bits per heavy atom. The van der Waals surface area contributed by atoms with E-state index in [2.05, 4.69) is 27.5 Å². The van der Waals surface area contributed by atoms with Crippen molar-refractivity contribution in [2.75, 3.05) is 13.2 Å². The number of tetrazole rings is 1. The SMILES string of the molecule is CCOc1ccc(CCc2nnn(CCN)n2)cc1. The van der Waals surface area contributed by atoms with E-state index in [1.165, 1.54) is 10.4 Å². The Balaban J connectivity index is 1.86. The number of hydrogen-bond acceptors (Lipinski definition) is 5. The van der Waals surface area contributed by atoms with Crippen molar-refractivity contribution in [2.45, 2.75) is 26.3 Å². The zero-order valence-corrected chi connectivity index (χ0v) is 11.1. The predicted octanol–water partition coefficient (Wildman–Crippen LogP) is 0.816. The van der Waals surface area contributed by atoms with Crippen LogP contribution >= 0.6 is 0 Å². The Kier molecular flexibility index (Phi) is 4.85. The van der Waals surface area contributed by atoms with Gasteiger partial charge in [0.15, 0.2) is 5.82 Å². The molecule has 6 nitrogen and oxygen atoms in total. The summed E-state index contributed by atoms with van der Waals surface area (Å²) in [7, 11) is 0. The molecular formula is C13H19N5O. The van der Waals surface area contributed by atoms with Crippen LogP contribution < -0.4 is 10.5 Å². The second kappa shape index (κ2) is 6.84. The molecule has 0 saturated carbocycles. The topological polar surface area (TPSA) is 78.9 Å². The van der Waals surface area contributed by atoms with E-state index in [1.54, 1.807) is 0 Å². The van der Waals surface area contributed by atoms with E-state index in [9.17, 15) is 0 Å². The molecule has 0 aliphatic carbocycles. The first-order valence-corrected chi connectivity index (χ1v) is 6.50. The normalized spacial score (nSPS) is 10.6. The third-order valence-electron chi connectivity index (χ3n) is 2.70. The number of hydrogen-bond donors (Lipinski definition) is 1. The Morgan fingerprint density at radius 2 is 2.00 bits per heavy atom. The van der Waals surface area contributed by atoms with Gasteiger partial charge in [0.1, 0.15) is 5.75 Å². The Hall–Kier alpha value is -1.95. The minimum Gasteiger partial charge on any atom is -0.494 e. The van der Waals surface area contributed by atoms with E-state index in [0.29, 0.717) is 19.7 Å². The van der Waals surface area contributed by atoms with Crippen LogP contribution in [0.1, 0.15) is 18.3 Å². The second-order valence-electron chi connectivity index (χ2n) is 4.17. The Labute approximate surface area is 112 Å². The van der Waals surface area contributed by atoms with Crippen molar-refractivity contribution in [1.82, 2.24) is 20.2 Å². The lowest BCUT2D eigenvalue weighted by Crippen LogP contribution is -2.12. The summed E-state index contributed by atoms with van der Waals surface area (Å²) in [5.41, 5.74) is 6.67. The number of ether oxygens (including phenoxy) is 1. The van der Waals surface area contributed by atoms with Gasteiger partial charge in [0, 0.05) is 13.0 Å². The van der Waals surface area contributed by atoms with Gasteiger partial charge in [-0.15, -0.1) is 10.2 Å². The minimum absolute atomic E-state index is 0.523. The van der Waals surface area contributed by atoms with Crippen molar-refractivity contribution in [3.8, 4) is 5.75 Å². The molecule has 0 amide bonds. The van der Waals surface area contributed by atoms with Gasteiger partial charge in [-0.05, 0) is 36.3 Å². The number of aryl methyl sites for hydroxylation is 2. The molecule has 2 aromatic rings. The van der Waals surface area contributed by atoms with Crippen LogP contribution in [0.3, 0.4) is 0 Å². The molecule has 1 aromatic heterocycles. The molecule has 0 fully saturated rings. The molecule has 0 saturated heterocycles. The van der Waals surface area contributed by atoms with Gasteiger partial charge in [-0.25, -0.2) is 0 Å². The van der Waals surface area contributed by atoms with Crippen LogP contribution in [0.2, 0.25) is 0 Å². The summed E-state index contributed by atoms with van der Waals surface area (Å²) in [6.45, 7) is 3.79. The van der Waals surface area contributed by atoms with E-state index in [4.69, 9.17) is 10.5 Å². The van der Waals surface area contributed by atoms with Gasteiger partial charge >= 0.3 is 0 Å². The summed E-state index contributed by atoms with van der Waals surface area (Å²) in [5, 5.41) is 12.2. The molecule has 1 aromatic carbocycles. The standard InChI is InChI=1S/C13H19N5O/c1-2-19-12-6-3-11(4-7-12)5-8-13-15-17-18(16-13)10-9-14/h3-4,6-7H,2,5,8-10,14H2,1H3. The van der Waals surface area contributed by atoms with Crippen LogP contribution in [0, 0.1) is 0 Å². The predicted molar refractivity (Wildman–Crippen MR) is 71.9 cm³/mol. The lowest BCUT2D eigenvalue weighted by Gasteiger charge is -2.03. The van der Waals surface area contributed by atoms with Crippen molar-refractivity contribution >= 4 is 0 Å². The van der Waals surface area contributed by atoms with Crippen molar-refractivity contribution in [3.63, 3.8) is 0 Å². The van der Waals surface area contributed by atoms with E-state index < -0.39 is 0 Å². The van der Waals surface area contributed by atoms with Gasteiger partial charge in [0.05, 0.1) is 13.2 Å². The lowest BCUT2D eigenvalue weighted by atomic mass is 10.1. The smallest absolute Gasteiger partial charge is 0.175 e. The molecule has 0 unspecified atom stereocenters. The zero-order valence-electron chi connectivity index (χ0n) is 11.1. The van der Waals surface area contributed by atoms with Gasteiger partial charge in [-0.1, -0.05) is 12.1 Å². The first-order valence-electron chi connectivity index (χ1n) is 6.50. The average Bonchev–Trinajstić information content (AvgIpc) is 2.87. The fourth-order valence-electron chi connectivity index (χ4n) is 1.76. The molecule has 0 radical (unpaired) electrons. The van der Waals surface area contributed by atoms with E-state index >= 15 is 0 Å². The lowest BCUT2D eigenvalue weighted by molar-refractivity contribution is 0.340. The number of rotatable bonds is 7. The Morgan fingerprint density at radius 3 is 2.68 bits per heavy atom. The molecule has 2 rings (SSSR count). The largest absolute Gasteiger partial charge is 0.494 e. The van der Waals surface area contributed by atoms with Crippen molar-refractivity contribution < 1.29 is 4.74 Å². The first-order chi connectivity index (χ1) is 9.31. The van der Waals surface area contributed by atoms with Gasteiger partial charge in [-0.3, -0.25) is 0 Å². The highest BCUT2D eigenvalue weighted by Crippen LogP contribution is 2.13. The molecule has 2 N–H and O–H groups in total.